The van der Waals surface area contributed by atoms with Gasteiger partial charge in [-0.15, -0.1) is 0 Å². The van der Waals surface area contributed by atoms with Crippen molar-refractivity contribution in [1.82, 2.24) is 4.90 Å². The van der Waals surface area contributed by atoms with E-state index in [4.69, 9.17) is 0 Å². The molecular weight excluding hydrogens is 275 g/mol. The molecule has 1 aliphatic heterocycles. The van der Waals surface area contributed by atoms with Gasteiger partial charge in [0.15, 0.2) is 5.82 Å². The summed E-state index contributed by atoms with van der Waals surface area (Å²) in [5.74, 6) is -0.521. The summed E-state index contributed by atoms with van der Waals surface area (Å²) in [6.07, 6.45) is 2.02. The molecule has 21 heavy (non-hydrogen) atoms. The van der Waals surface area contributed by atoms with E-state index in [1.165, 1.54) is 0 Å². The number of nitro benzene ring substituents is 1. The van der Waals surface area contributed by atoms with E-state index >= 15 is 0 Å². The zero-order chi connectivity index (χ0) is 15.0. The van der Waals surface area contributed by atoms with Crippen LogP contribution in [0.4, 0.5) is 21.5 Å². The number of anilines is 2. The van der Waals surface area contributed by atoms with Crippen LogP contribution in [0, 0.1) is 15.9 Å². The minimum Gasteiger partial charge on any atom is -0.377 e. The molecule has 1 aromatic carbocycles. The summed E-state index contributed by atoms with van der Waals surface area (Å²) in [5, 5.41) is 14.2. The second kappa shape index (κ2) is 5.48. The van der Waals surface area contributed by atoms with E-state index in [-0.39, 0.29) is 11.7 Å². The normalized spacial score (nSPS) is 19.6. The molecule has 7 heteroatoms. The van der Waals surface area contributed by atoms with Crippen molar-refractivity contribution in [1.29, 1.82) is 0 Å². The van der Waals surface area contributed by atoms with Crippen LogP contribution in [0.25, 0.3) is 0 Å². The van der Waals surface area contributed by atoms with Crippen molar-refractivity contribution in [3.8, 4) is 0 Å². The van der Waals surface area contributed by atoms with Crippen LogP contribution in [-0.4, -0.2) is 49.1 Å². The first-order valence-corrected chi connectivity index (χ1v) is 7.22. The SMILES string of the molecule is CN1CCN(c2cc(NC3CC3)c([N+](=O)[O-])cc2F)CC1. The number of hydrogen-bond donors (Lipinski definition) is 1. The Morgan fingerprint density at radius 1 is 1.29 bits per heavy atom. The molecule has 0 aromatic heterocycles. The minimum absolute atomic E-state index is 0.183. The van der Waals surface area contributed by atoms with E-state index in [0.717, 1.165) is 45.1 Å². The van der Waals surface area contributed by atoms with Gasteiger partial charge in [-0.05, 0) is 26.0 Å². The zero-order valence-corrected chi connectivity index (χ0v) is 12.0. The first-order chi connectivity index (χ1) is 10.0. The van der Waals surface area contributed by atoms with Crippen molar-refractivity contribution in [3.05, 3.63) is 28.1 Å². The maximum absolute atomic E-state index is 14.2. The fraction of sp³-hybridized carbons (Fsp3) is 0.571. The Balaban J connectivity index is 1.90. The first-order valence-electron chi connectivity index (χ1n) is 7.22. The van der Waals surface area contributed by atoms with E-state index in [9.17, 15) is 14.5 Å². The first kappa shape index (κ1) is 14.1. The molecular formula is C14H19FN4O2. The van der Waals surface area contributed by atoms with Crippen molar-refractivity contribution in [3.63, 3.8) is 0 Å². The number of likely N-dealkylation sites (N-methyl/N-ethyl adjacent to an activating group) is 1. The van der Waals surface area contributed by atoms with Gasteiger partial charge in [0.05, 0.1) is 16.7 Å². The predicted molar refractivity (Wildman–Crippen MR) is 79.4 cm³/mol. The highest BCUT2D eigenvalue weighted by Gasteiger charge is 2.28. The van der Waals surface area contributed by atoms with Gasteiger partial charge < -0.3 is 15.1 Å². The van der Waals surface area contributed by atoms with Crippen molar-refractivity contribution in [2.45, 2.75) is 18.9 Å². The Morgan fingerprint density at radius 2 is 1.95 bits per heavy atom. The molecule has 0 spiro atoms. The third-order valence-electron chi connectivity index (χ3n) is 4.04. The number of halogens is 1. The van der Waals surface area contributed by atoms with Crippen molar-refractivity contribution in [2.75, 3.05) is 43.4 Å². The molecule has 6 nitrogen and oxygen atoms in total. The van der Waals surface area contributed by atoms with E-state index in [0.29, 0.717) is 11.4 Å². The maximum atomic E-state index is 14.2. The van der Waals surface area contributed by atoms with Gasteiger partial charge in [0.2, 0.25) is 0 Å². The second-order valence-electron chi connectivity index (χ2n) is 5.79. The molecule has 1 saturated carbocycles. The van der Waals surface area contributed by atoms with Gasteiger partial charge in [0.1, 0.15) is 5.69 Å². The van der Waals surface area contributed by atoms with Gasteiger partial charge in [0.25, 0.3) is 5.69 Å². The number of rotatable bonds is 4. The smallest absolute Gasteiger partial charge is 0.295 e. The van der Waals surface area contributed by atoms with Crippen LogP contribution in [0.2, 0.25) is 0 Å². The van der Waals surface area contributed by atoms with Gasteiger partial charge >= 0.3 is 0 Å². The average Bonchev–Trinajstić information content (AvgIpc) is 3.25. The average molecular weight is 294 g/mol. The minimum atomic E-state index is -0.526. The monoisotopic (exact) mass is 294 g/mol. The second-order valence-corrected chi connectivity index (χ2v) is 5.79. The topological polar surface area (TPSA) is 61.6 Å². The van der Waals surface area contributed by atoms with Crippen LogP contribution in [0.3, 0.4) is 0 Å². The number of benzene rings is 1. The highest BCUT2D eigenvalue weighted by molar-refractivity contribution is 5.70. The quantitative estimate of drug-likeness (QED) is 0.680. The van der Waals surface area contributed by atoms with Gasteiger partial charge in [0, 0.05) is 32.2 Å². The lowest BCUT2D eigenvalue weighted by Crippen LogP contribution is -2.44. The number of piperazine rings is 1. The standard InChI is InChI=1S/C14H19FN4O2/c1-17-4-6-18(7-5-17)13-9-12(16-10-2-3-10)14(19(20)21)8-11(13)15/h8-10,16H,2-7H2,1H3. The molecule has 1 N–H and O–H groups in total. The molecule has 3 rings (SSSR count). The number of hydrogen-bond acceptors (Lipinski definition) is 5. The highest BCUT2D eigenvalue weighted by atomic mass is 19.1. The Hall–Kier alpha value is -1.89. The Bertz CT molecular complexity index is 554. The molecule has 0 atom stereocenters. The molecule has 0 amide bonds. The van der Waals surface area contributed by atoms with Crippen LogP contribution in [-0.2, 0) is 0 Å². The Labute approximate surface area is 122 Å². The molecule has 1 saturated heterocycles. The lowest BCUT2D eigenvalue weighted by atomic mass is 10.2. The fourth-order valence-electron chi connectivity index (χ4n) is 2.56. The van der Waals surface area contributed by atoms with E-state index in [1.807, 2.05) is 11.9 Å². The lowest BCUT2D eigenvalue weighted by molar-refractivity contribution is -0.384. The van der Waals surface area contributed by atoms with Gasteiger partial charge in [-0.1, -0.05) is 0 Å². The molecule has 2 fully saturated rings. The lowest BCUT2D eigenvalue weighted by Gasteiger charge is -2.34. The van der Waals surface area contributed by atoms with E-state index in [1.54, 1.807) is 6.07 Å². The third-order valence-corrected chi connectivity index (χ3v) is 4.04. The Kier molecular flexibility index (Phi) is 3.67. The van der Waals surface area contributed by atoms with E-state index < -0.39 is 10.7 Å². The zero-order valence-electron chi connectivity index (χ0n) is 12.0. The largest absolute Gasteiger partial charge is 0.377 e. The number of nitrogens with one attached hydrogen (secondary N) is 1. The number of nitrogens with zero attached hydrogens (tertiary/aromatic N) is 3. The van der Waals surface area contributed by atoms with Crippen molar-refractivity contribution >= 4 is 17.1 Å². The van der Waals surface area contributed by atoms with Crippen molar-refractivity contribution < 1.29 is 9.31 Å². The predicted octanol–water partition coefficient (Wildman–Crippen LogP) is 2.06. The molecule has 1 aromatic rings. The van der Waals surface area contributed by atoms with Crippen LogP contribution in [0.5, 0.6) is 0 Å². The molecule has 0 bridgehead atoms. The van der Waals surface area contributed by atoms with Crippen LogP contribution in [0.1, 0.15) is 12.8 Å². The summed E-state index contributed by atoms with van der Waals surface area (Å²) in [4.78, 5) is 14.7. The molecule has 0 unspecified atom stereocenters. The molecule has 0 radical (unpaired) electrons. The van der Waals surface area contributed by atoms with Crippen molar-refractivity contribution in [2.24, 2.45) is 0 Å². The van der Waals surface area contributed by atoms with Crippen LogP contribution < -0.4 is 10.2 Å². The summed E-state index contributed by atoms with van der Waals surface area (Å²) in [6, 6.07) is 2.92. The molecule has 114 valence electrons. The van der Waals surface area contributed by atoms with Crippen LogP contribution >= 0.6 is 0 Å². The Morgan fingerprint density at radius 3 is 2.52 bits per heavy atom. The summed E-state index contributed by atoms with van der Waals surface area (Å²) < 4.78 is 14.2. The summed E-state index contributed by atoms with van der Waals surface area (Å²) in [6.45, 7) is 3.19. The van der Waals surface area contributed by atoms with Gasteiger partial charge in [-0.2, -0.15) is 0 Å². The highest BCUT2D eigenvalue weighted by Crippen LogP contribution is 2.36. The molecule has 1 aliphatic carbocycles. The number of nitro groups is 1. The third kappa shape index (κ3) is 3.07. The van der Waals surface area contributed by atoms with E-state index in [2.05, 4.69) is 10.2 Å². The molecule has 2 aliphatic rings. The fourth-order valence-corrected chi connectivity index (χ4v) is 2.56. The summed E-state index contributed by atoms with van der Waals surface area (Å²) >= 11 is 0. The summed E-state index contributed by atoms with van der Waals surface area (Å²) in [5.41, 5.74) is 0.701. The van der Waals surface area contributed by atoms with Crippen LogP contribution in [0.15, 0.2) is 12.1 Å². The molecule has 1 heterocycles. The maximum Gasteiger partial charge on any atom is 0.295 e. The van der Waals surface area contributed by atoms with Gasteiger partial charge in [-0.3, -0.25) is 10.1 Å². The summed E-state index contributed by atoms with van der Waals surface area (Å²) in [7, 11) is 2.03. The van der Waals surface area contributed by atoms with Gasteiger partial charge in [-0.25, -0.2) is 4.39 Å².